The van der Waals surface area contributed by atoms with Gasteiger partial charge < -0.3 is 4.98 Å². The number of benzene rings is 2. The lowest BCUT2D eigenvalue weighted by molar-refractivity contribution is -0.130. The first kappa shape index (κ1) is 24.8. The number of hydrogen-bond donors (Lipinski definition) is 4. The van der Waals surface area contributed by atoms with Gasteiger partial charge in [0.1, 0.15) is 4.21 Å². The third kappa shape index (κ3) is 5.47. The molecule has 3 aromatic heterocycles. The summed E-state index contributed by atoms with van der Waals surface area (Å²) in [5, 5.41) is 18.2. The first-order valence-electron chi connectivity index (χ1n) is 11.5. The average molecular weight is 537 g/mol. The number of aromatic nitrogens is 4. The minimum atomic E-state index is -3.80. The maximum absolute atomic E-state index is 13.0. The number of rotatable bonds is 10. The van der Waals surface area contributed by atoms with Gasteiger partial charge in [0.15, 0.2) is 0 Å². The first-order valence-corrected chi connectivity index (χ1v) is 13.8. The Morgan fingerprint density at radius 3 is 2.68 bits per heavy atom. The highest BCUT2D eigenvalue weighted by Crippen LogP contribution is 2.31. The number of hydrogen-bond acceptors (Lipinski definition) is 7. The van der Waals surface area contributed by atoms with Gasteiger partial charge in [-0.15, -0.1) is 16.4 Å². The number of carbonyl (C=O) groups is 1. The van der Waals surface area contributed by atoms with Crippen LogP contribution in [0.2, 0.25) is 0 Å². The molecule has 0 radical (unpaired) electrons. The molecule has 0 saturated carbocycles. The van der Waals surface area contributed by atoms with Crippen LogP contribution in [-0.2, 0) is 27.8 Å². The molecule has 3 heterocycles. The van der Waals surface area contributed by atoms with Crippen molar-refractivity contribution in [3.05, 3.63) is 90.4 Å². The Labute approximate surface area is 217 Å². The van der Waals surface area contributed by atoms with Crippen LogP contribution in [-0.4, -0.2) is 39.5 Å². The third-order valence-electron chi connectivity index (χ3n) is 6.02. The number of fused-ring (bicyclic) bond motifs is 1. The predicted octanol–water partition coefficient (Wildman–Crippen LogP) is 3.65. The number of H-pyrrole nitrogens is 1. The Morgan fingerprint density at radius 2 is 1.86 bits per heavy atom. The molecule has 0 aliphatic rings. The lowest BCUT2D eigenvalue weighted by Gasteiger charge is -2.18. The number of thiophene rings is 1. The van der Waals surface area contributed by atoms with E-state index in [-0.39, 0.29) is 17.2 Å². The second-order valence-electron chi connectivity index (χ2n) is 8.44. The quantitative estimate of drug-likeness (QED) is 0.159. The fraction of sp³-hybridized carbons (Fsp3) is 0.160. The zero-order valence-corrected chi connectivity index (χ0v) is 21.2. The molecule has 10 nitrogen and oxygen atoms in total. The van der Waals surface area contributed by atoms with Gasteiger partial charge >= 0.3 is 0 Å². The summed E-state index contributed by atoms with van der Waals surface area (Å²) in [6.07, 6.45) is 3.66. The maximum Gasteiger partial charge on any atom is 0.250 e. The molecule has 190 valence electrons. The zero-order valence-electron chi connectivity index (χ0n) is 19.5. The Bertz CT molecular complexity index is 1620. The number of para-hydroxylation sites is 1. The van der Waals surface area contributed by atoms with Crippen molar-refractivity contribution in [2.45, 2.75) is 29.6 Å². The topological polar surface area (TPSA) is 142 Å². The first-order chi connectivity index (χ1) is 17.9. The molecule has 5 aromatic rings. The highest BCUT2D eigenvalue weighted by molar-refractivity contribution is 7.91. The van der Waals surface area contributed by atoms with Crippen molar-refractivity contribution in [3.8, 4) is 10.4 Å². The number of carbonyl (C=O) groups excluding carboxylic acids is 1. The van der Waals surface area contributed by atoms with Gasteiger partial charge in [0, 0.05) is 22.0 Å². The number of nitrogens with one attached hydrogen (secondary N) is 3. The van der Waals surface area contributed by atoms with Crippen LogP contribution in [0.1, 0.15) is 23.7 Å². The van der Waals surface area contributed by atoms with Crippen LogP contribution >= 0.6 is 11.3 Å². The minimum absolute atomic E-state index is 0.0704. The molecular weight excluding hydrogens is 512 g/mol. The smallest absolute Gasteiger partial charge is 0.250 e. The van der Waals surface area contributed by atoms with Crippen molar-refractivity contribution in [3.63, 3.8) is 0 Å². The van der Waals surface area contributed by atoms with Crippen LogP contribution in [0.15, 0.2) is 83.3 Å². The molecule has 0 unspecified atom stereocenters. The number of hydroxylamine groups is 1. The third-order valence-corrected chi connectivity index (χ3v) is 9.05. The van der Waals surface area contributed by atoms with Crippen molar-refractivity contribution in [2.24, 2.45) is 0 Å². The largest absolute Gasteiger partial charge is 0.361 e. The molecule has 2 aromatic carbocycles. The lowest BCUT2D eigenvalue weighted by atomic mass is 10.0. The molecule has 4 N–H and O–H groups in total. The molecule has 0 aliphatic carbocycles. The highest BCUT2D eigenvalue weighted by atomic mass is 32.2. The predicted molar refractivity (Wildman–Crippen MR) is 139 cm³/mol. The molecule has 0 saturated heterocycles. The summed E-state index contributed by atoms with van der Waals surface area (Å²) in [7, 11) is -3.80. The van der Waals surface area contributed by atoms with Crippen molar-refractivity contribution < 1.29 is 18.4 Å². The van der Waals surface area contributed by atoms with Crippen LogP contribution in [0.4, 0.5) is 0 Å². The van der Waals surface area contributed by atoms with Gasteiger partial charge in [-0.1, -0.05) is 53.7 Å². The van der Waals surface area contributed by atoms with Crippen molar-refractivity contribution in [2.75, 3.05) is 0 Å². The van der Waals surface area contributed by atoms with Gasteiger partial charge in [-0.05, 0) is 35.7 Å². The van der Waals surface area contributed by atoms with Crippen molar-refractivity contribution in [1.29, 1.82) is 0 Å². The second kappa shape index (κ2) is 10.6. The normalized spacial score (nSPS) is 12.6. The summed E-state index contributed by atoms with van der Waals surface area (Å²) in [6, 6.07) is 20.2. The van der Waals surface area contributed by atoms with Crippen LogP contribution < -0.4 is 10.2 Å². The van der Waals surface area contributed by atoms with E-state index in [0.717, 1.165) is 26.9 Å². The molecule has 5 rings (SSSR count). The summed E-state index contributed by atoms with van der Waals surface area (Å²) in [5.41, 5.74) is 5.01. The van der Waals surface area contributed by atoms with E-state index in [4.69, 9.17) is 5.21 Å². The van der Waals surface area contributed by atoms with Gasteiger partial charge in [-0.2, -0.15) is 0 Å². The highest BCUT2D eigenvalue weighted by Gasteiger charge is 2.23. The standard InChI is InChI=1S/C25H24N6O4S2/c32-24(29-33)13-19(12-18-14-26-22-9-5-4-8-21(18)22)31-20(15-27-30-31)16-28-37(34,35)25-11-10-23(36-25)17-6-2-1-3-7-17/h1-11,14-15,19,26,28,33H,12-13,16H2,(H,29,32)/t19-/m1/s1. The molecule has 1 amide bonds. The van der Waals surface area contributed by atoms with Crippen LogP contribution in [0.3, 0.4) is 0 Å². The monoisotopic (exact) mass is 536 g/mol. The van der Waals surface area contributed by atoms with Crippen LogP contribution in [0.5, 0.6) is 0 Å². The van der Waals surface area contributed by atoms with E-state index in [9.17, 15) is 13.2 Å². The molecule has 0 bridgehead atoms. The number of nitrogens with zero attached hydrogens (tertiary/aromatic N) is 3. The Hall–Kier alpha value is -3.84. The SMILES string of the molecule is O=C(C[C@@H](Cc1c[nH]c2ccccc12)n1nncc1CNS(=O)(=O)c1ccc(-c2ccccc2)s1)NO. The number of sulfonamides is 1. The van der Waals surface area contributed by atoms with E-state index in [1.54, 1.807) is 17.6 Å². The fourth-order valence-electron chi connectivity index (χ4n) is 4.22. The van der Waals surface area contributed by atoms with Gasteiger partial charge in [-0.3, -0.25) is 10.0 Å². The summed E-state index contributed by atoms with van der Waals surface area (Å²) in [5.74, 6) is -0.584. The molecule has 0 aliphatic heterocycles. The second-order valence-corrected chi connectivity index (χ2v) is 11.5. The number of amides is 1. The summed E-state index contributed by atoms with van der Waals surface area (Å²) < 4.78 is 30.4. The minimum Gasteiger partial charge on any atom is -0.361 e. The summed E-state index contributed by atoms with van der Waals surface area (Å²) >= 11 is 1.18. The molecule has 37 heavy (non-hydrogen) atoms. The Balaban J connectivity index is 1.36. The van der Waals surface area contributed by atoms with Crippen molar-refractivity contribution in [1.82, 2.24) is 30.2 Å². The molecule has 0 fully saturated rings. The Kier molecular flexibility index (Phi) is 7.15. The maximum atomic E-state index is 13.0. The lowest BCUT2D eigenvalue weighted by Crippen LogP contribution is -2.28. The van der Waals surface area contributed by atoms with Crippen molar-refractivity contribution >= 4 is 38.2 Å². The molecule has 0 spiro atoms. The molecule has 12 heteroatoms. The summed E-state index contributed by atoms with van der Waals surface area (Å²) in [6.45, 7) is -0.0704. The van der Waals surface area contributed by atoms with Gasteiger partial charge in [0.2, 0.25) is 15.9 Å². The van der Waals surface area contributed by atoms with Gasteiger partial charge in [0.05, 0.1) is 30.9 Å². The van der Waals surface area contributed by atoms with Crippen LogP contribution in [0, 0.1) is 0 Å². The van der Waals surface area contributed by atoms with E-state index in [0.29, 0.717) is 12.1 Å². The fourth-order valence-corrected chi connectivity index (χ4v) is 6.58. The number of aromatic amines is 1. The average Bonchev–Trinajstić information content (AvgIpc) is 3.68. The Morgan fingerprint density at radius 1 is 1.08 bits per heavy atom. The molecular formula is C25H24N6O4S2. The van der Waals surface area contributed by atoms with E-state index < -0.39 is 22.0 Å². The van der Waals surface area contributed by atoms with Gasteiger partial charge in [-0.25, -0.2) is 23.3 Å². The summed E-state index contributed by atoms with van der Waals surface area (Å²) in [4.78, 5) is 16.2. The van der Waals surface area contributed by atoms with E-state index in [1.807, 2.05) is 60.8 Å². The van der Waals surface area contributed by atoms with E-state index in [1.165, 1.54) is 22.2 Å². The molecule has 1 atom stereocenters. The van der Waals surface area contributed by atoms with E-state index in [2.05, 4.69) is 20.0 Å². The van der Waals surface area contributed by atoms with Crippen LogP contribution in [0.25, 0.3) is 21.3 Å². The van der Waals surface area contributed by atoms with Gasteiger partial charge in [0.25, 0.3) is 0 Å². The van der Waals surface area contributed by atoms with E-state index >= 15 is 0 Å². The zero-order chi connectivity index (χ0) is 25.8.